The summed E-state index contributed by atoms with van der Waals surface area (Å²) in [4.78, 5) is 26.9. The molecule has 10 heteroatoms. The fraction of sp³-hybridized carbons (Fsp3) is 0.867. The SMILES string of the molecule is CC(=O)[C@H]1[C@H](O)C[C@@]2(C)[C@@H]3CC=C4[C@@H](C[C@H](O)[C@@H](O[C@@H]5O[C@H](CO)[C@@H](O)[C@H](O)[C@H]5O)C4(C)C)[C@]3(C)C(=O)C[C@]12C. The van der Waals surface area contributed by atoms with Gasteiger partial charge in [-0.2, -0.15) is 0 Å². The molecule has 4 fully saturated rings. The zero-order valence-electron chi connectivity index (χ0n) is 24.3. The summed E-state index contributed by atoms with van der Waals surface area (Å²) >= 11 is 0. The van der Waals surface area contributed by atoms with Gasteiger partial charge in [0.2, 0.25) is 0 Å². The van der Waals surface area contributed by atoms with Crippen molar-refractivity contribution in [1.29, 1.82) is 0 Å². The smallest absolute Gasteiger partial charge is 0.187 e. The van der Waals surface area contributed by atoms with Gasteiger partial charge in [-0.1, -0.05) is 46.3 Å². The molecule has 0 bridgehead atoms. The number of rotatable bonds is 4. The van der Waals surface area contributed by atoms with Crippen LogP contribution in [0.1, 0.15) is 67.2 Å². The molecule has 0 aromatic rings. The predicted molar refractivity (Wildman–Crippen MR) is 141 cm³/mol. The second-order valence-corrected chi connectivity index (χ2v) is 14.4. The minimum Gasteiger partial charge on any atom is -0.394 e. The minimum atomic E-state index is -1.60. The molecule has 226 valence electrons. The van der Waals surface area contributed by atoms with Crippen molar-refractivity contribution in [2.45, 2.75) is 116 Å². The van der Waals surface area contributed by atoms with E-state index in [-0.39, 0.29) is 36.2 Å². The van der Waals surface area contributed by atoms with Crippen LogP contribution in [0.25, 0.3) is 0 Å². The highest BCUT2D eigenvalue weighted by Gasteiger charge is 2.73. The van der Waals surface area contributed by atoms with Crippen molar-refractivity contribution in [3.63, 3.8) is 0 Å². The molecule has 1 saturated heterocycles. The lowest BCUT2D eigenvalue weighted by Crippen LogP contribution is -2.65. The van der Waals surface area contributed by atoms with Crippen LogP contribution in [0.15, 0.2) is 11.6 Å². The van der Waals surface area contributed by atoms with E-state index in [0.717, 1.165) is 5.57 Å². The Kier molecular flexibility index (Phi) is 7.28. The van der Waals surface area contributed by atoms with Gasteiger partial charge in [0, 0.05) is 23.2 Å². The van der Waals surface area contributed by atoms with Crippen LogP contribution >= 0.6 is 0 Å². The van der Waals surface area contributed by atoms with Gasteiger partial charge < -0.3 is 40.1 Å². The quantitative estimate of drug-likeness (QED) is 0.263. The molecule has 1 heterocycles. The number of Topliss-reactive ketones (excluding diaryl/α,β-unsaturated/α-hetero) is 2. The van der Waals surface area contributed by atoms with Gasteiger partial charge in [-0.05, 0) is 48.9 Å². The van der Waals surface area contributed by atoms with Crippen molar-refractivity contribution in [2.24, 2.45) is 39.4 Å². The molecule has 3 saturated carbocycles. The molecule has 4 aliphatic carbocycles. The van der Waals surface area contributed by atoms with E-state index in [4.69, 9.17) is 9.47 Å². The zero-order valence-corrected chi connectivity index (χ0v) is 24.3. The second kappa shape index (κ2) is 9.64. The number of carbonyl (C=O) groups is 2. The maximum absolute atomic E-state index is 14.2. The largest absolute Gasteiger partial charge is 0.394 e. The monoisotopic (exact) mass is 566 g/mol. The Hall–Kier alpha value is -1.24. The van der Waals surface area contributed by atoms with Crippen LogP contribution in [-0.4, -0.2) is 97.8 Å². The third kappa shape index (κ3) is 3.83. The third-order valence-corrected chi connectivity index (χ3v) is 12.2. The summed E-state index contributed by atoms with van der Waals surface area (Å²) in [5, 5.41) is 63.1. The Balaban J connectivity index is 1.49. The Morgan fingerprint density at radius 2 is 1.65 bits per heavy atom. The number of hydrogen-bond acceptors (Lipinski definition) is 10. The number of aliphatic hydroxyl groups is 6. The van der Waals surface area contributed by atoms with Gasteiger partial charge in [-0.3, -0.25) is 9.59 Å². The summed E-state index contributed by atoms with van der Waals surface area (Å²) in [7, 11) is 0. The average Bonchev–Trinajstić information content (AvgIpc) is 3.06. The van der Waals surface area contributed by atoms with Crippen LogP contribution in [0.4, 0.5) is 0 Å². The second-order valence-electron chi connectivity index (χ2n) is 14.4. The number of hydrogen-bond donors (Lipinski definition) is 6. The van der Waals surface area contributed by atoms with Crippen molar-refractivity contribution < 1.29 is 49.7 Å². The standard InChI is InChI=1S/C30H46O10/c1-13(32)21-17(34)10-28(4)19-8-7-14-15(30(19,6)20(35)11-29(21,28)5)9-16(33)25(27(14,2)3)40-26-24(38)23(37)22(36)18(12-31)39-26/h7,15-19,21-26,31,33-34,36-38H,8-12H2,1-6H3/t15-,16+,17-,18-,19+,21+,22-,23+,24-,25-,26+,28+,29-,30+/m1/s1. The number of ether oxygens (including phenoxy) is 2. The minimum absolute atomic E-state index is 0.0460. The lowest BCUT2D eigenvalue weighted by Gasteiger charge is -2.64. The highest BCUT2D eigenvalue weighted by atomic mass is 16.7. The summed E-state index contributed by atoms with van der Waals surface area (Å²) in [6, 6.07) is 0. The molecule has 5 aliphatic rings. The molecular weight excluding hydrogens is 520 g/mol. The number of fused-ring (bicyclic) bond motifs is 5. The predicted octanol–water partition coefficient (Wildman–Crippen LogP) is 0.486. The molecule has 0 radical (unpaired) electrons. The molecule has 6 N–H and O–H groups in total. The molecule has 0 aromatic carbocycles. The van der Waals surface area contributed by atoms with E-state index < -0.39 is 83.2 Å². The van der Waals surface area contributed by atoms with E-state index in [1.54, 1.807) is 0 Å². The molecule has 1 aliphatic heterocycles. The Morgan fingerprint density at radius 1 is 1.00 bits per heavy atom. The van der Waals surface area contributed by atoms with Crippen molar-refractivity contribution in [2.75, 3.05) is 6.61 Å². The van der Waals surface area contributed by atoms with Crippen molar-refractivity contribution >= 4 is 11.6 Å². The summed E-state index contributed by atoms with van der Waals surface area (Å²) in [6.07, 6.45) is -6.42. The van der Waals surface area contributed by atoms with Crippen molar-refractivity contribution in [1.82, 2.24) is 0 Å². The average molecular weight is 567 g/mol. The lowest BCUT2D eigenvalue weighted by atomic mass is 9.38. The number of carbonyl (C=O) groups excluding carboxylic acids is 2. The van der Waals surface area contributed by atoms with E-state index >= 15 is 0 Å². The van der Waals surface area contributed by atoms with Gasteiger partial charge >= 0.3 is 0 Å². The highest BCUT2D eigenvalue weighted by Crippen LogP contribution is 2.73. The van der Waals surface area contributed by atoms with Gasteiger partial charge in [0.25, 0.3) is 0 Å². The van der Waals surface area contributed by atoms with E-state index in [2.05, 4.69) is 13.0 Å². The number of allylic oxidation sites excluding steroid dienone is 1. The van der Waals surface area contributed by atoms with E-state index in [0.29, 0.717) is 12.8 Å². The fourth-order valence-electron chi connectivity index (χ4n) is 9.85. The Labute approximate surface area is 235 Å². The van der Waals surface area contributed by atoms with Gasteiger partial charge in [-0.15, -0.1) is 0 Å². The third-order valence-electron chi connectivity index (χ3n) is 12.2. The van der Waals surface area contributed by atoms with Crippen molar-refractivity contribution in [3.05, 3.63) is 11.6 Å². The Bertz CT molecular complexity index is 1090. The van der Waals surface area contributed by atoms with Crippen LogP contribution in [0.5, 0.6) is 0 Å². The normalized spacial score (nSPS) is 53.8. The number of aliphatic hydroxyl groups excluding tert-OH is 6. The summed E-state index contributed by atoms with van der Waals surface area (Å²) in [5.41, 5.74) is -1.79. The summed E-state index contributed by atoms with van der Waals surface area (Å²) in [6.45, 7) is 10.8. The topological polar surface area (TPSA) is 174 Å². The van der Waals surface area contributed by atoms with Gasteiger partial charge in [0.1, 0.15) is 36.0 Å². The highest BCUT2D eigenvalue weighted by molar-refractivity contribution is 5.90. The maximum atomic E-state index is 14.2. The number of ketones is 2. The van der Waals surface area contributed by atoms with E-state index in [9.17, 15) is 40.2 Å². The maximum Gasteiger partial charge on any atom is 0.187 e. The molecule has 0 unspecified atom stereocenters. The van der Waals surface area contributed by atoms with E-state index in [1.165, 1.54) is 6.92 Å². The lowest BCUT2D eigenvalue weighted by molar-refractivity contribution is -0.327. The van der Waals surface area contributed by atoms with Crippen LogP contribution in [-0.2, 0) is 19.1 Å². The van der Waals surface area contributed by atoms with Gasteiger partial charge in [-0.25, -0.2) is 0 Å². The van der Waals surface area contributed by atoms with Crippen LogP contribution in [0.2, 0.25) is 0 Å². The molecule has 5 rings (SSSR count). The van der Waals surface area contributed by atoms with Gasteiger partial charge in [0.05, 0.1) is 24.9 Å². The van der Waals surface area contributed by atoms with Crippen LogP contribution < -0.4 is 0 Å². The Morgan fingerprint density at radius 3 is 2.25 bits per heavy atom. The van der Waals surface area contributed by atoms with Crippen LogP contribution in [0.3, 0.4) is 0 Å². The first-order chi connectivity index (χ1) is 18.5. The molecule has 0 spiro atoms. The van der Waals surface area contributed by atoms with Crippen LogP contribution in [0, 0.1) is 39.4 Å². The van der Waals surface area contributed by atoms with E-state index in [1.807, 2.05) is 27.7 Å². The molecule has 10 nitrogen and oxygen atoms in total. The molecule has 0 amide bonds. The molecule has 0 aromatic heterocycles. The molecular formula is C30H46O10. The molecule has 14 atom stereocenters. The summed E-state index contributed by atoms with van der Waals surface area (Å²) < 4.78 is 11.7. The van der Waals surface area contributed by atoms with Crippen molar-refractivity contribution in [3.8, 4) is 0 Å². The first-order valence-corrected chi connectivity index (χ1v) is 14.5. The molecule has 40 heavy (non-hydrogen) atoms. The summed E-state index contributed by atoms with van der Waals surface area (Å²) in [5.74, 6) is -1.08. The fourth-order valence-corrected chi connectivity index (χ4v) is 9.85. The first kappa shape index (κ1) is 30.2. The zero-order chi connectivity index (χ0) is 29.7. The first-order valence-electron chi connectivity index (χ1n) is 14.5. The van der Waals surface area contributed by atoms with Gasteiger partial charge in [0.15, 0.2) is 6.29 Å².